The molecule has 0 atom stereocenters. The highest BCUT2D eigenvalue weighted by Crippen LogP contribution is 2.21. The van der Waals surface area contributed by atoms with E-state index in [1.165, 1.54) is 0 Å². The zero-order valence-electron chi connectivity index (χ0n) is 8.12. The SMILES string of the molecule is CCn1ccc2c(Br)cn(C)c(=O)c21. The fourth-order valence-corrected chi connectivity index (χ4v) is 2.26. The van der Waals surface area contributed by atoms with Gasteiger partial charge in [0.2, 0.25) is 0 Å². The Morgan fingerprint density at radius 1 is 1.50 bits per heavy atom. The molecule has 0 aliphatic carbocycles. The molecule has 0 N–H and O–H groups in total. The molecule has 0 spiro atoms. The maximum absolute atomic E-state index is 11.8. The lowest BCUT2D eigenvalue weighted by molar-refractivity contribution is 0.778. The van der Waals surface area contributed by atoms with Gasteiger partial charge >= 0.3 is 0 Å². The summed E-state index contributed by atoms with van der Waals surface area (Å²) < 4.78 is 4.52. The van der Waals surface area contributed by atoms with Crippen LogP contribution in [0.3, 0.4) is 0 Å². The highest BCUT2D eigenvalue weighted by atomic mass is 79.9. The van der Waals surface area contributed by atoms with Crippen molar-refractivity contribution >= 4 is 26.8 Å². The summed E-state index contributed by atoms with van der Waals surface area (Å²) in [7, 11) is 1.76. The van der Waals surface area contributed by atoms with E-state index in [-0.39, 0.29) is 5.56 Å². The number of aromatic nitrogens is 2. The number of nitrogens with zero attached hydrogens (tertiary/aromatic N) is 2. The summed E-state index contributed by atoms with van der Waals surface area (Å²) >= 11 is 3.45. The molecule has 2 aromatic rings. The lowest BCUT2D eigenvalue weighted by atomic mass is 10.3. The maximum Gasteiger partial charge on any atom is 0.274 e. The molecule has 74 valence electrons. The first-order valence-electron chi connectivity index (χ1n) is 4.49. The molecule has 0 radical (unpaired) electrons. The third kappa shape index (κ3) is 1.21. The summed E-state index contributed by atoms with van der Waals surface area (Å²) in [6.45, 7) is 2.84. The number of hydrogen-bond donors (Lipinski definition) is 0. The summed E-state index contributed by atoms with van der Waals surface area (Å²) in [6, 6.07) is 1.96. The van der Waals surface area contributed by atoms with Crippen molar-refractivity contribution in [2.45, 2.75) is 13.5 Å². The van der Waals surface area contributed by atoms with Gasteiger partial charge in [0.1, 0.15) is 5.52 Å². The van der Waals surface area contributed by atoms with E-state index in [2.05, 4.69) is 15.9 Å². The first-order chi connectivity index (χ1) is 6.65. The van der Waals surface area contributed by atoms with Crippen LogP contribution < -0.4 is 5.56 Å². The summed E-state index contributed by atoms with van der Waals surface area (Å²) in [5.41, 5.74) is 0.819. The van der Waals surface area contributed by atoms with Crippen LogP contribution in [0.25, 0.3) is 10.9 Å². The number of rotatable bonds is 1. The van der Waals surface area contributed by atoms with Crippen molar-refractivity contribution in [2.24, 2.45) is 7.05 Å². The third-order valence-corrected chi connectivity index (χ3v) is 3.02. The molecular weight excluding hydrogens is 244 g/mol. The number of aryl methyl sites for hydroxylation is 2. The molecule has 2 aromatic heterocycles. The van der Waals surface area contributed by atoms with E-state index in [9.17, 15) is 4.79 Å². The predicted octanol–water partition coefficient (Wildman–Crippen LogP) is 2.12. The molecule has 2 heterocycles. The van der Waals surface area contributed by atoms with Gasteiger partial charge in [-0.15, -0.1) is 0 Å². The second kappa shape index (κ2) is 3.28. The maximum atomic E-state index is 11.8. The minimum absolute atomic E-state index is 0.0510. The van der Waals surface area contributed by atoms with Gasteiger partial charge in [0.05, 0.1) is 0 Å². The van der Waals surface area contributed by atoms with Gasteiger partial charge in [-0.1, -0.05) is 0 Å². The molecule has 0 saturated heterocycles. The molecule has 4 heteroatoms. The predicted molar refractivity (Wildman–Crippen MR) is 60.6 cm³/mol. The monoisotopic (exact) mass is 254 g/mol. The van der Waals surface area contributed by atoms with E-state index in [0.29, 0.717) is 0 Å². The Bertz CT molecular complexity index is 539. The summed E-state index contributed by atoms with van der Waals surface area (Å²) in [5, 5.41) is 0.981. The fourth-order valence-electron chi connectivity index (χ4n) is 1.63. The van der Waals surface area contributed by atoms with E-state index in [1.54, 1.807) is 17.8 Å². The van der Waals surface area contributed by atoms with Crippen molar-refractivity contribution in [1.82, 2.24) is 9.13 Å². The molecule has 0 aromatic carbocycles. The summed E-state index contributed by atoms with van der Waals surface area (Å²) in [5.74, 6) is 0. The highest BCUT2D eigenvalue weighted by Gasteiger charge is 2.08. The minimum atomic E-state index is 0.0510. The van der Waals surface area contributed by atoms with Gasteiger partial charge in [-0.05, 0) is 28.9 Å². The van der Waals surface area contributed by atoms with Crippen LogP contribution in [-0.2, 0) is 13.6 Å². The Hall–Kier alpha value is -1.03. The second-order valence-electron chi connectivity index (χ2n) is 3.26. The topological polar surface area (TPSA) is 26.9 Å². The average molecular weight is 255 g/mol. The Labute approximate surface area is 90.1 Å². The minimum Gasteiger partial charge on any atom is -0.343 e. The third-order valence-electron chi connectivity index (χ3n) is 2.39. The van der Waals surface area contributed by atoms with E-state index < -0.39 is 0 Å². The molecular formula is C10H11BrN2O. The van der Waals surface area contributed by atoms with Crippen LogP contribution in [0.1, 0.15) is 6.92 Å². The zero-order valence-corrected chi connectivity index (χ0v) is 9.71. The summed E-state index contributed by atoms with van der Waals surface area (Å²) in [6.07, 6.45) is 3.74. The smallest absolute Gasteiger partial charge is 0.274 e. The normalized spacial score (nSPS) is 11.1. The van der Waals surface area contributed by atoms with Crippen molar-refractivity contribution in [2.75, 3.05) is 0 Å². The largest absolute Gasteiger partial charge is 0.343 e. The van der Waals surface area contributed by atoms with Crippen LogP contribution in [-0.4, -0.2) is 9.13 Å². The molecule has 2 rings (SSSR count). The van der Waals surface area contributed by atoms with Gasteiger partial charge in [0, 0.05) is 35.8 Å². The average Bonchev–Trinajstić information content (AvgIpc) is 2.58. The number of halogens is 1. The van der Waals surface area contributed by atoms with Gasteiger partial charge in [-0.25, -0.2) is 0 Å². The number of pyridine rings is 1. The standard InChI is InChI=1S/C10H11BrN2O/c1-3-13-5-4-7-8(11)6-12(2)10(14)9(7)13/h4-6H,3H2,1-2H3. The van der Waals surface area contributed by atoms with Gasteiger partial charge in [0.15, 0.2) is 0 Å². The first-order valence-corrected chi connectivity index (χ1v) is 5.28. The molecule has 0 aliphatic heterocycles. The Morgan fingerprint density at radius 2 is 2.21 bits per heavy atom. The Kier molecular flexibility index (Phi) is 2.23. The van der Waals surface area contributed by atoms with Gasteiger partial charge in [0.25, 0.3) is 5.56 Å². The molecule has 0 fully saturated rings. The second-order valence-corrected chi connectivity index (χ2v) is 4.11. The van der Waals surface area contributed by atoms with E-state index in [1.807, 2.05) is 23.8 Å². The quantitative estimate of drug-likeness (QED) is 0.766. The van der Waals surface area contributed by atoms with Crippen molar-refractivity contribution in [3.63, 3.8) is 0 Å². The number of fused-ring (bicyclic) bond motifs is 1. The van der Waals surface area contributed by atoms with E-state index >= 15 is 0 Å². The van der Waals surface area contributed by atoms with E-state index in [0.717, 1.165) is 21.9 Å². The van der Waals surface area contributed by atoms with Gasteiger partial charge in [-0.2, -0.15) is 0 Å². The first kappa shape index (κ1) is 9.52. The Morgan fingerprint density at radius 3 is 2.86 bits per heavy atom. The molecule has 0 unspecified atom stereocenters. The Balaban J connectivity index is 2.99. The summed E-state index contributed by atoms with van der Waals surface area (Å²) in [4.78, 5) is 11.8. The zero-order chi connectivity index (χ0) is 10.3. The van der Waals surface area contributed by atoms with E-state index in [4.69, 9.17) is 0 Å². The molecule has 0 bridgehead atoms. The van der Waals surface area contributed by atoms with Crippen molar-refractivity contribution in [3.05, 3.63) is 33.3 Å². The number of hydrogen-bond acceptors (Lipinski definition) is 1. The van der Waals surface area contributed by atoms with Crippen molar-refractivity contribution in [1.29, 1.82) is 0 Å². The van der Waals surface area contributed by atoms with Crippen LogP contribution in [0.5, 0.6) is 0 Å². The lowest BCUT2D eigenvalue weighted by Crippen LogP contribution is -2.18. The van der Waals surface area contributed by atoms with Gasteiger partial charge in [-0.3, -0.25) is 4.79 Å². The van der Waals surface area contributed by atoms with Crippen molar-refractivity contribution in [3.8, 4) is 0 Å². The fraction of sp³-hybridized carbons (Fsp3) is 0.300. The molecule has 3 nitrogen and oxygen atoms in total. The van der Waals surface area contributed by atoms with Crippen LogP contribution in [0.2, 0.25) is 0 Å². The van der Waals surface area contributed by atoms with Crippen molar-refractivity contribution < 1.29 is 0 Å². The van der Waals surface area contributed by atoms with Crippen LogP contribution in [0.4, 0.5) is 0 Å². The van der Waals surface area contributed by atoms with Crippen LogP contribution in [0, 0.1) is 0 Å². The van der Waals surface area contributed by atoms with Crippen LogP contribution >= 0.6 is 15.9 Å². The molecule has 0 saturated carbocycles. The van der Waals surface area contributed by atoms with Gasteiger partial charge < -0.3 is 9.13 Å². The lowest BCUT2D eigenvalue weighted by Gasteiger charge is -2.03. The molecule has 0 amide bonds. The molecule has 0 aliphatic rings. The molecule has 14 heavy (non-hydrogen) atoms. The van der Waals surface area contributed by atoms with Crippen LogP contribution in [0.15, 0.2) is 27.7 Å². The highest BCUT2D eigenvalue weighted by molar-refractivity contribution is 9.10.